The van der Waals surface area contributed by atoms with Gasteiger partial charge in [0.1, 0.15) is 5.50 Å². The van der Waals surface area contributed by atoms with Gasteiger partial charge in [-0.15, -0.1) is 0 Å². The van der Waals surface area contributed by atoms with Crippen molar-refractivity contribution < 1.29 is 0 Å². The van der Waals surface area contributed by atoms with Gasteiger partial charge in [0, 0.05) is 18.1 Å². The first-order valence-electron chi connectivity index (χ1n) is 4.21. The Morgan fingerprint density at radius 2 is 2.62 bits per heavy atom. The number of H-pyrrole nitrogens is 1. The third-order valence-corrected chi connectivity index (χ3v) is 2.88. The number of thioether (sulfide) groups is 1. The molecule has 0 fully saturated rings. The van der Waals surface area contributed by atoms with Crippen LogP contribution in [0, 0.1) is 0 Å². The average Bonchev–Trinajstić information content (AvgIpc) is 2.72. The Hall–Kier alpha value is -0.940. The summed E-state index contributed by atoms with van der Waals surface area (Å²) in [6, 6.07) is 0. The molecule has 2 rings (SSSR count). The fourth-order valence-electron chi connectivity index (χ4n) is 1.33. The first-order valence-corrected chi connectivity index (χ1v) is 5.16. The standard InChI is InChI=1S/C8H12N4S/c1-2-6-5-13-7(9)12(6)8-10-3-4-11-8/h3-5,7H,2,9H2,1H3,(H,10,11). The monoisotopic (exact) mass is 196 g/mol. The molecule has 1 aliphatic heterocycles. The van der Waals surface area contributed by atoms with Crippen LogP contribution in [0.4, 0.5) is 5.95 Å². The fourth-order valence-corrected chi connectivity index (χ4v) is 2.26. The molecule has 0 amide bonds. The molecule has 0 spiro atoms. The Balaban J connectivity index is 2.26. The number of nitrogens with two attached hydrogens (primary N) is 1. The third-order valence-electron chi connectivity index (χ3n) is 1.98. The van der Waals surface area contributed by atoms with E-state index in [9.17, 15) is 0 Å². The molecule has 1 aromatic rings. The van der Waals surface area contributed by atoms with E-state index < -0.39 is 0 Å². The zero-order chi connectivity index (χ0) is 9.26. The van der Waals surface area contributed by atoms with Crippen LogP contribution in [0.15, 0.2) is 23.5 Å². The van der Waals surface area contributed by atoms with E-state index in [-0.39, 0.29) is 5.50 Å². The van der Waals surface area contributed by atoms with Gasteiger partial charge in [0.2, 0.25) is 5.95 Å². The van der Waals surface area contributed by atoms with Crippen molar-refractivity contribution in [1.29, 1.82) is 0 Å². The smallest absolute Gasteiger partial charge is 0.209 e. The SMILES string of the molecule is CCC1=CSC(N)N1c1ncc[nH]1. The summed E-state index contributed by atoms with van der Waals surface area (Å²) < 4.78 is 0. The number of rotatable bonds is 2. The van der Waals surface area contributed by atoms with Gasteiger partial charge in [-0.25, -0.2) is 4.98 Å². The molecule has 0 saturated carbocycles. The van der Waals surface area contributed by atoms with E-state index in [0.717, 1.165) is 12.4 Å². The molecule has 4 nitrogen and oxygen atoms in total. The van der Waals surface area contributed by atoms with Crippen molar-refractivity contribution in [1.82, 2.24) is 9.97 Å². The van der Waals surface area contributed by atoms with Crippen LogP contribution in [0.1, 0.15) is 13.3 Å². The van der Waals surface area contributed by atoms with Crippen molar-refractivity contribution in [2.24, 2.45) is 5.73 Å². The van der Waals surface area contributed by atoms with E-state index in [1.54, 1.807) is 24.2 Å². The lowest BCUT2D eigenvalue weighted by molar-refractivity contribution is 0.821. The zero-order valence-corrected chi connectivity index (χ0v) is 8.21. The van der Waals surface area contributed by atoms with Crippen molar-refractivity contribution in [2.75, 3.05) is 4.90 Å². The summed E-state index contributed by atoms with van der Waals surface area (Å²) in [6.07, 6.45) is 4.51. The number of hydrogen-bond acceptors (Lipinski definition) is 4. The fraction of sp³-hybridized carbons (Fsp3) is 0.375. The molecule has 5 heteroatoms. The quantitative estimate of drug-likeness (QED) is 0.751. The minimum absolute atomic E-state index is 0.0406. The number of anilines is 1. The van der Waals surface area contributed by atoms with Crippen LogP contribution in [-0.4, -0.2) is 15.5 Å². The summed E-state index contributed by atoms with van der Waals surface area (Å²) >= 11 is 1.62. The van der Waals surface area contributed by atoms with E-state index in [1.165, 1.54) is 5.70 Å². The lowest BCUT2D eigenvalue weighted by Gasteiger charge is -2.22. The summed E-state index contributed by atoms with van der Waals surface area (Å²) in [7, 11) is 0. The molecule has 2 heterocycles. The van der Waals surface area contributed by atoms with Gasteiger partial charge in [-0.2, -0.15) is 0 Å². The van der Waals surface area contributed by atoms with Gasteiger partial charge in [-0.1, -0.05) is 18.7 Å². The lowest BCUT2D eigenvalue weighted by atomic mass is 10.3. The number of allylic oxidation sites excluding steroid dienone is 1. The van der Waals surface area contributed by atoms with Crippen LogP contribution in [0.3, 0.4) is 0 Å². The molecule has 1 aliphatic rings. The predicted molar refractivity (Wildman–Crippen MR) is 55.0 cm³/mol. The largest absolute Gasteiger partial charge is 0.331 e. The molecule has 0 aliphatic carbocycles. The van der Waals surface area contributed by atoms with Crippen molar-refractivity contribution >= 4 is 17.7 Å². The Morgan fingerprint density at radius 1 is 1.77 bits per heavy atom. The minimum Gasteiger partial charge on any atom is -0.331 e. The lowest BCUT2D eigenvalue weighted by Crippen LogP contribution is -2.35. The van der Waals surface area contributed by atoms with Gasteiger partial charge >= 0.3 is 0 Å². The molecular weight excluding hydrogens is 184 g/mol. The number of imidazole rings is 1. The van der Waals surface area contributed by atoms with E-state index >= 15 is 0 Å². The second-order valence-corrected chi connectivity index (χ2v) is 3.76. The van der Waals surface area contributed by atoms with E-state index in [1.807, 2.05) is 4.90 Å². The Bertz CT molecular complexity index is 306. The van der Waals surface area contributed by atoms with E-state index in [4.69, 9.17) is 5.73 Å². The highest BCUT2D eigenvalue weighted by molar-refractivity contribution is 8.03. The van der Waals surface area contributed by atoms with Crippen molar-refractivity contribution in [3.05, 3.63) is 23.5 Å². The molecule has 3 N–H and O–H groups in total. The van der Waals surface area contributed by atoms with E-state index in [0.29, 0.717) is 0 Å². The summed E-state index contributed by atoms with van der Waals surface area (Å²) in [5.41, 5.74) is 7.09. The highest BCUT2D eigenvalue weighted by Crippen LogP contribution is 2.32. The molecular formula is C8H12N4S. The summed E-state index contributed by atoms with van der Waals surface area (Å²) in [6.45, 7) is 2.11. The van der Waals surface area contributed by atoms with Crippen molar-refractivity contribution in [3.63, 3.8) is 0 Å². The first-order chi connectivity index (χ1) is 6.33. The summed E-state index contributed by atoms with van der Waals surface area (Å²) in [4.78, 5) is 9.26. The van der Waals surface area contributed by atoms with Gasteiger partial charge in [0.05, 0.1) is 0 Å². The Labute approximate surface area is 81.2 Å². The Morgan fingerprint density at radius 3 is 3.23 bits per heavy atom. The summed E-state index contributed by atoms with van der Waals surface area (Å²) in [5.74, 6) is 0.825. The van der Waals surface area contributed by atoms with Gasteiger partial charge in [0.25, 0.3) is 0 Å². The molecule has 1 atom stereocenters. The normalized spacial score (nSPS) is 22.2. The van der Waals surface area contributed by atoms with Crippen LogP contribution in [-0.2, 0) is 0 Å². The molecule has 0 bridgehead atoms. The number of nitrogens with one attached hydrogen (secondary N) is 1. The van der Waals surface area contributed by atoms with Gasteiger partial charge in [-0.05, 0) is 11.8 Å². The molecule has 70 valence electrons. The number of nitrogens with zero attached hydrogens (tertiary/aromatic N) is 2. The summed E-state index contributed by atoms with van der Waals surface area (Å²) in [5, 5.41) is 2.09. The zero-order valence-electron chi connectivity index (χ0n) is 7.40. The Kier molecular flexibility index (Phi) is 2.28. The highest BCUT2D eigenvalue weighted by Gasteiger charge is 2.25. The van der Waals surface area contributed by atoms with Crippen LogP contribution in [0.2, 0.25) is 0 Å². The maximum absolute atomic E-state index is 5.91. The van der Waals surface area contributed by atoms with Crippen LogP contribution < -0.4 is 10.6 Å². The predicted octanol–water partition coefficient (Wildman–Crippen LogP) is 1.46. The minimum atomic E-state index is -0.0406. The van der Waals surface area contributed by atoms with Crippen molar-refractivity contribution in [3.8, 4) is 0 Å². The van der Waals surface area contributed by atoms with Crippen LogP contribution in [0.5, 0.6) is 0 Å². The molecule has 0 saturated heterocycles. The molecule has 1 aromatic heterocycles. The van der Waals surface area contributed by atoms with Gasteiger partial charge in [0.15, 0.2) is 0 Å². The van der Waals surface area contributed by atoms with E-state index in [2.05, 4.69) is 22.3 Å². The molecule has 0 radical (unpaired) electrons. The molecule has 13 heavy (non-hydrogen) atoms. The number of aromatic nitrogens is 2. The topological polar surface area (TPSA) is 57.9 Å². The third kappa shape index (κ3) is 1.45. The van der Waals surface area contributed by atoms with Crippen LogP contribution >= 0.6 is 11.8 Å². The maximum Gasteiger partial charge on any atom is 0.209 e. The van der Waals surface area contributed by atoms with Crippen LogP contribution in [0.25, 0.3) is 0 Å². The number of aromatic amines is 1. The van der Waals surface area contributed by atoms with Gasteiger partial charge in [-0.3, -0.25) is 4.90 Å². The maximum atomic E-state index is 5.91. The van der Waals surface area contributed by atoms with Gasteiger partial charge < -0.3 is 10.7 Å². The molecule has 1 unspecified atom stereocenters. The van der Waals surface area contributed by atoms with Crippen molar-refractivity contribution in [2.45, 2.75) is 18.8 Å². The second-order valence-electron chi connectivity index (χ2n) is 2.77. The second kappa shape index (κ2) is 3.43. The highest BCUT2D eigenvalue weighted by atomic mass is 32.2. The number of hydrogen-bond donors (Lipinski definition) is 2. The first kappa shape index (κ1) is 8.65. The average molecular weight is 196 g/mol. The molecule has 0 aromatic carbocycles.